The number of carbonyl (C=O) groups excluding carboxylic acids is 2. The Balaban J connectivity index is 1.48. The molecular weight excluding hydrogens is 475 g/mol. The van der Waals surface area contributed by atoms with E-state index in [2.05, 4.69) is 15.6 Å². The predicted octanol–water partition coefficient (Wildman–Crippen LogP) is 3.50. The van der Waals surface area contributed by atoms with Gasteiger partial charge in [0.15, 0.2) is 0 Å². The molecule has 4 N–H and O–H groups in total. The number of urea groups is 1. The maximum atomic E-state index is 12.3. The molecule has 188 valence electrons. The minimum absolute atomic E-state index is 0.0379. The third kappa shape index (κ3) is 5.82. The summed E-state index contributed by atoms with van der Waals surface area (Å²) in [5, 5.41) is 15.2. The molecule has 3 aromatic rings. The van der Waals surface area contributed by atoms with Crippen LogP contribution in [0.2, 0.25) is 0 Å². The van der Waals surface area contributed by atoms with Gasteiger partial charge in [0.25, 0.3) is 0 Å². The molecule has 0 bridgehead atoms. The summed E-state index contributed by atoms with van der Waals surface area (Å²) in [5.41, 5.74) is 3.81. The van der Waals surface area contributed by atoms with E-state index < -0.39 is 18.8 Å². The second-order valence-electron chi connectivity index (χ2n) is 8.32. The molecule has 1 aliphatic heterocycles. The number of hydrogen-bond acceptors (Lipinski definition) is 5. The Hall–Kier alpha value is -4.35. The zero-order valence-corrected chi connectivity index (χ0v) is 19.3. The molecule has 3 amide bonds. The SMILES string of the molecule is CC(=O)N1CC(N/C=C(\C=N)c2ccn3c(-c4cccc(NC(=O)NCC(F)(F)F)c4)cnc3c2)C1. The minimum atomic E-state index is -4.49. The van der Waals surface area contributed by atoms with Crippen LogP contribution in [0.25, 0.3) is 22.5 Å². The van der Waals surface area contributed by atoms with Gasteiger partial charge >= 0.3 is 12.2 Å². The Morgan fingerprint density at radius 1 is 1.22 bits per heavy atom. The van der Waals surface area contributed by atoms with Crippen molar-refractivity contribution in [2.45, 2.75) is 19.1 Å². The highest BCUT2D eigenvalue weighted by Gasteiger charge is 2.28. The number of benzene rings is 1. The lowest BCUT2D eigenvalue weighted by molar-refractivity contribution is -0.133. The van der Waals surface area contributed by atoms with Gasteiger partial charge < -0.3 is 26.3 Å². The molecule has 0 unspecified atom stereocenters. The number of alkyl halides is 3. The number of nitrogens with one attached hydrogen (secondary N) is 4. The number of pyridine rings is 1. The van der Waals surface area contributed by atoms with Crippen LogP contribution in [-0.4, -0.2) is 64.3 Å². The third-order valence-electron chi connectivity index (χ3n) is 5.67. The number of fused-ring (bicyclic) bond motifs is 1. The molecule has 4 rings (SSSR count). The molecule has 2 aromatic heterocycles. The van der Waals surface area contributed by atoms with Crippen molar-refractivity contribution in [2.75, 3.05) is 25.0 Å². The van der Waals surface area contributed by atoms with Crippen molar-refractivity contribution in [1.29, 1.82) is 5.41 Å². The van der Waals surface area contributed by atoms with E-state index in [1.807, 2.05) is 16.5 Å². The highest BCUT2D eigenvalue weighted by molar-refractivity contribution is 6.08. The molecule has 9 nitrogen and oxygen atoms in total. The summed E-state index contributed by atoms with van der Waals surface area (Å²) in [6.07, 6.45) is 1.96. The summed E-state index contributed by atoms with van der Waals surface area (Å²) in [6.45, 7) is 1.36. The average Bonchev–Trinajstić information content (AvgIpc) is 3.22. The van der Waals surface area contributed by atoms with Gasteiger partial charge in [-0.3, -0.25) is 9.20 Å². The van der Waals surface area contributed by atoms with Crippen molar-refractivity contribution < 1.29 is 22.8 Å². The number of halogens is 3. The van der Waals surface area contributed by atoms with Gasteiger partial charge in [-0.15, -0.1) is 0 Å². The summed E-state index contributed by atoms with van der Waals surface area (Å²) in [5.74, 6) is 0.0379. The molecular formula is C24H24F3N7O2. The number of hydrogen-bond donors (Lipinski definition) is 4. The molecule has 1 fully saturated rings. The number of imidazole rings is 1. The Bertz CT molecular complexity index is 1330. The Morgan fingerprint density at radius 3 is 2.69 bits per heavy atom. The van der Waals surface area contributed by atoms with Crippen LogP contribution in [0.1, 0.15) is 12.5 Å². The number of nitrogens with zero attached hydrogens (tertiary/aromatic N) is 3. The first-order chi connectivity index (χ1) is 17.1. The highest BCUT2D eigenvalue weighted by Crippen LogP contribution is 2.25. The molecule has 3 heterocycles. The number of anilines is 1. The molecule has 1 saturated heterocycles. The summed E-state index contributed by atoms with van der Waals surface area (Å²) in [6, 6.07) is 9.54. The lowest BCUT2D eigenvalue weighted by Crippen LogP contribution is -2.58. The molecule has 1 aliphatic rings. The molecule has 0 atom stereocenters. The second-order valence-corrected chi connectivity index (χ2v) is 8.32. The standard InChI is InChI=1S/C24H24F3N7O2/c1-15(35)33-12-20(13-33)29-10-18(9-28)16-5-6-34-21(11-30-22(34)8-16)17-3-2-4-19(7-17)32-23(36)31-14-24(25,26)27/h2-11,20,28-29H,12-14H2,1H3,(H2,31,32,36)/b18-10+,28-9?. The highest BCUT2D eigenvalue weighted by atomic mass is 19.4. The molecule has 0 aliphatic carbocycles. The van der Waals surface area contributed by atoms with Crippen molar-refractivity contribution in [3.63, 3.8) is 0 Å². The lowest BCUT2D eigenvalue weighted by Gasteiger charge is -2.38. The predicted molar refractivity (Wildman–Crippen MR) is 130 cm³/mol. The molecule has 36 heavy (non-hydrogen) atoms. The Labute approximate surface area is 204 Å². The second kappa shape index (κ2) is 10.1. The molecule has 0 radical (unpaired) electrons. The Morgan fingerprint density at radius 2 is 2.00 bits per heavy atom. The van der Waals surface area contributed by atoms with E-state index in [9.17, 15) is 22.8 Å². The minimum Gasteiger partial charge on any atom is -0.384 e. The maximum Gasteiger partial charge on any atom is 0.405 e. The van der Waals surface area contributed by atoms with Crippen LogP contribution >= 0.6 is 0 Å². The first-order valence-electron chi connectivity index (χ1n) is 11.0. The van der Waals surface area contributed by atoms with Crippen LogP contribution in [-0.2, 0) is 4.79 Å². The molecule has 12 heteroatoms. The quantitative estimate of drug-likeness (QED) is 0.373. The van der Waals surface area contributed by atoms with Crippen LogP contribution in [0, 0.1) is 5.41 Å². The summed E-state index contributed by atoms with van der Waals surface area (Å²) in [7, 11) is 0. The number of carbonyl (C=O) groups is 2. The molecule has 0 spiro atoms. The average molecular weight is 499 g/mol. The number of likely N-dealkylation sites (tertiary alicyclic amines) is 1. The largest absolute Gasteiger partial charge is 0.405 e. The first kappa shape index (κ1) is 24.8. The third-order valence-corrected chi connectivity index (χ3v) is 5.67. The fourth-order valence-corrected chi connectivity index (χ4v) is 3.74. The molecule has 0 saturated carbocycles. The van der Waals surface area contributed by atoms with Gasteiger partial charge in [0.2, 0.25) is 5.91 Å². The monoisotopic (exact) mass is 499 g/mol. The van der Waals surface area contributed by atoms with Crippen LogP contribution in [0.4, 0.5) is 23.7 Å². The van der Waals surface area contributed by atoms with Crippen molar-refractivity contribution >= 4 is 35.1 Å². The fourth-order valence-electron chi connectivity index (χ4n) is 3.74. The van der Waals surface area contributed by atoms with E-state index in [-0.39, 0.29) is 11.9 Å². The van der Waals surface area contributed by atoms with Gasteiger partial charge in [-0.2, -0.15) is 13.2 Å². The van der Waals surface area contributed by atoms with E-state index in [1.54, 1.807) is 53.1 Å². The summed E-state index contributed by atoms with van der Waals surface area (Å²) < 4.78 is 38.8. The number of aromatic nitrogens is 2. The number of allylic oxidation sites excluding steroid dienone is 1. The van der Waals surface area contributed by atoms with Gasteiger partial charge in [0, 0.05) is 55.4 Å². The van der Waals surface area contributed by atoms with Crippen LogP contribution < -0.4 is 16.0 Å². The summed E-state index contributed by atoms with van der Waals surface area (Å²) >= 11 is 0. The number of rotatable bonds is 7. The summed E-state index contributed by atoms with van der Waals surface area (Å²) in [4.78, 5) is 29.3. The van der Waals surface area contributed by atoms with E-state index >= 15 is 0 Å². The zero-order valence-electron chi connectivity index (χ0n) is 19.3. The van der Waals surface area contributed by atoms with E-state index in [4.69, 9.17) is 5.41 Å². The van der Waals surface area contributed by atoms with Gasteiger partial charge in [-0.25, -0.2) is 9.78 Å². The van der Waals surface area contributed by atoms with E-state index in [0.29, 0.717) is 41.3 Å². The van der Waals surface area contributed by atoms with Gasteiger partial charge in [0.1, 0.15) is 12.2 Å². The van der Waals surface area contributed by atoms with E-state index in [0.717, 1.165) is 5.56 Å². The van der Waals surface area contributed by atoms with Crippen molar-refractivity contribution in [3.8, 4) is 11.3 Å². The number of amides is 3. The van der Waals surface area contributed by atoms with Crippen molar-refractivity contribution in [1.82, 2.24) is 24.9 Å². The topological polar surface area (TPSA) is 115 Å². The van der Waals surface area contributed by atoms with Crippen LogP contribution in [0.15, 0.2) is 55.0 Å². The van der Waals surface area contributed by atoms with Crippen LogP contribution in [0.3, 0.4) is 0 Å². The van der Waals surface area contributed by atoms with Crippen molar-refractivity contribution in [3.05, 3.63) is 60.6 Å². The first-order valence-corrected chi connectivity index (χ1v) is 11.0. The zero-order chi connectivity index (χ0) is 25.9. The van der Waals surface area contributed by atoms with Gasteiger partial charge in [-0.05, 0) is 29.8 Å². The normalized spacial score (nSPS) is 14.3. The maximum absolute atomic E-state index is 12.3. The molecule has 1 aromatic carbocycles. The Kier molecular flexibility index (Phi) is 6.95. The fraction of sp³-hybridized carbons (Fsp3) is 0.250. The van der Waals surface area contributed by atoms with Crippen molar-refractivity contribution in [2.24, 2.45) is 0 Å². The smallest absolute Gasteiger partial charge is 0.384 e. The van der Waals surface area contributed by atoms with Gasteiger partial charge in [0.05, 0.1) is 17.9 Å². The van der Waals surface area contributed by atoms with E-state index in [1.165, 1.54) is 13.1 Å². The lowest BCUT2D eigenvalue weighted by atomic mass is 10.1. The van der Waals surface area contributed by atoms with Gasteiger partial charge in [-0.1, -0.05) is 12.1 Å². The van der Waals surface area contributed by atoms with Crippen LogP contribution in [0.5, 0.6) is 0 Å².